The fourth-order valence-corrected chi connectivity index (χ4v) is 1.28. The molecule has 0 saturated carbocycles. The second kappa shape index (κ2) is 4.53. The number of hydrogen-bond donors (Lipinski definition) is 2. The van der Waals surface area contributed by atoms with Gasteiger partial charge in [-0.25, -0.2) is 0 Å². The van der Waals surface area contributed by atoms with Crippen LogP contribution in [0.25, 0.3) is 0 Å². The van der Waals surface area contributed by atoms with Gasteiger partial charge in [0.2, 0.25) is 0 Å². The van der Waals surface area contributed by atoms with Gasteiger partial charge in [0.25, 0.3) is 0 Å². The molecule has 5 heteroatoms. The lowest BCUT2D eigenvalue weighted by Crippen LogP contribution is -2.15. The summed E-state index contributed by atoms with van der Waals surface area (Å²) in [6.45, 7) is 0. The highest BCUT2D eigenvalue weighted by molar-refractivity contribution is 5.34. The molecule has 0 saturated heterocycles. The Morgan fingerprint density at radius 2 is 1.87 bits per heavy atom. The first-order valence-corrected chi connectivity index (χ1v) is 4.50. The maximum Gasteiger partial charge on any atom is 0.389 e. The molecule has 3 N–H and O–H groups in total. The molecular weight excluding hydrogens is 207 g/mol. The normalized spacial score (nSPS) is 13.9. The van der Waals surface area contributed by atoms with Crippen LogP contribution in [0, 0.1) is 0 Å². The molecule has 84 valence electrons. The minimum atomic E-state index is -4.21. The molecule has 0 bridgehead atoms. The van der Waals surface area contributed by atoms with Crippen LogP contribution in [-0.4, -0.2) is 11.3 Å². The number of hydrogen-bond acceptors (Lipinski definition) is 2. The molecule has 1 rings (SSSR count). The zero-order chi connectivity index (χ0) is 11.5. The molecule has 0 aliphatic heterocycles. The van der Waals surface area contributed by atoms with Crippen LogP contribution in [0.1, 0.15) is 24.4 Å². The van der Waals surface area contributed by atoms with Crippen molar-refractivity contribution in [3.05, 3.63) is 29.8 Å². The fourth-order valence-electron chi connectivity index (χ4n) is 1.28. The first-order chi connectivity index (χ1) is 6.90. The Morgan fingerprint density at radius 3 is 2.40 bits per heavy atom. The molecule has 0 unspecified atom stereocenters. The second-order valence-electron chi connectivity index (χ2n) is 3.32. The van der Waals surface area contributed by atoms with E-state index in [0.717, 1.165) is 0 Å². The molecule has 0 spiro atoms. The number of alkyl halides is 3. The molecule has 0 aliphatic carbocycles. The second-order valence-corrected chi connectivity index (χ2v) is 3.32. The predicted octanol–water partition coefficient (Wildman–Crippen LogP) is 2.73. The average Bonchev–Trinajstić information content (AvgIpc) is 2.14. The van der Waals surface area contributed by atoms with Crippen LogP contribution in [0.4, 0.5) is 13.2 Å². The van der Waals surface area contributed by atoms with Crippen LogP contribution in [0.2, 0.25) is 0 Å². The van der Waals surface area contributed by atoms with Gasteiger partial charge in [-0.3, -0.25) is 0 Å². The molecule has 1 aromatic carbocycles. The van der Waals surface area contributed by atoms with Crippen molar-refractivity contribution in [3.63, 3.8) is 0 Å². The summed E-state index contributed by atoms with van der Waals surface area (Å²) in [4.78, 5) is 0. The summed E-state index contributed by atoms with van der Waals surface area (Å²) >= 11 is 0. The quantitative estimate of drug-likeness (QED) is 0.821. The molecule has 0 aromatic heterocycles. The molecular formula is C10H12F3NO. The van der Waals surface area contributed by atoms with E-state index in [4.69, 9.17) is 5.73 Å². The van der Waals surface area contributed by atoms with E-state index >= 15 is 0 Å². The van der Waals surface area contributed by atoms with Gasteiger partial charge in [-0.2, -0.15) is 13.2 Å². The monoisotopic (exact) mass is 219 g/mol. The first kappa shape index (κ1) is 11.8. The van der Waals surface area contributed by atoms with E-state index < -0.39 is 18.6 Å². The fraction of sp³-hybridized carbons (Fsp3) is 0.400. The number of phenolic OH excluding ortho intramolecular Hbond substituents is 1. The molecule has 0 aliphatic rings. The van der Waals surface area contributed by atoms with Crippen molar-refractivity contribution in [2.45, 2.75) is 25.1 Å². The van der Waals surface area contributed by atoms with Gasteiger partial charge in [0, 0.05) is 18.0 Å². The number of para-hydroxylation sites is 1. The van der Waals surface area contributed by atoms with Gasteiger partial charge in [-0.05, 0) is 12.5 Å². The summed E-state index contributed by atoms with van der Waals surface area (Å²) < 4.78 is 35.7. The third-order valence-corrected chi connectivity index (χ3v) is 2.08. The molecule has 0 fully saturated rings. The van der Waals surface area contributed by atoms with Crippen molar-refractivity contribution in [2.75, 3.05) is 0 Å². The maximum absolute atomic E-state index is 11.9. The number of aromatic hydroxyl groups is 1. The Kier molecular flexibility index (Phi) is 3.57. The topological polar surface area (TPSA) is 46.2 Å². The summed E-state index contributed by atoms with van der Waals surface area (Å²) in [7, 11) is 0. The van der Waals surface area contributed by atoms with E-state index in [9.17, 15) is 18.3 Å². The minimum Gasteiger partial charge on any atom is -0.508 e. The standard InChI is InChI=1S/C10H12F3NO/c11-10(12,13)6-5-8(14)7-3-1-2-4-9(7)15/h1-4,8,15H,5-6,14H2/t8-/m1/s1. The van der Waals surface area contributed by atoms with Gasteiger partial charge in [0.05, 0.1) is 0 Å². The predicted molar refractivity (Wildman–Crippen MR) is 50.3 cm³/mol. The van der Waals surface area contributed by atoms with Crippen LogP contribution in [0.3, 0.4) is 0 Å². The van der Waals surface area contributed by atoms with Crippen molar-refractivity contribution in [3.8, 4) is 5.75 Å². The van der Waals surface area contributed by atoms with Crippen molar-refractivity contribution >= 4 is 0 Å². The van der Waals surface area contributed by atoms with Gasteiger partial charge in [0.1, 0.15) is 5.75 Å². The zero-order valence-electron chi connectivity index (χ0n) is 7.96. The van der Waals surface area contributed by atoms with E-state index in [1.165, 1.54) is 12.1 Å². The van der Waals surface area contributed by atoms with Crippen LogP contribution >= 0.6 is 0 Å². The summed E-state index contributed by atoms with van der Waals surface area (Å²) in [5, 5.41) is 9.35. The van der Waals surface area contributed by atoms with Gasteiger partial charge in [-0.1, -0.05) is 18.2 Å². The molecule has 1 aromatic rings. The molecule has 15 heavy (non-hydrogen) atoms. The highest BCUT2D eigenvalue weighted by atomic mass is 19.4. The van der Waals surface area contributed by atoms with E-state index in [2.05, 4.69) is 0 Å². The van der Waals surface area contributed by atoms with Gasteiger partial charge in [-0.15, -0.1) is 0 Å². The molecule has 2 nitrogen and oxygen atoms in total. The average molecular weight is 219 g/mol. The number of halogens is 3. The third kappa shape index (κ3) is 3.79. The van der Waals surface area contributed by atoms with E-state index in [1.54, 1.807) is 12.1 Å². The van der Waals surface area contributed by atoms with Crippen LogP contribution in [0.15, 0.2) is 24.3 Å². The van der Waals surface area contributed by atoms with E-state index in [1.807, 2.05) is 0 Å². The Hall–Kier alpha value is -1.23. The lowest BCUT2D eigenvalue weighted by Gasteiger charge is -2.14. The first-order valence-electron chi connectivity index (χ1n) is 4.50. The van der Waals surface area contributed by atoms with Crippen molar-refractivity contribution < 1.29 is 18.3 Å². The Bertz CT molecular complexity index is 325. The largest absolute Gasteiger partial charge is 0.508 e. The van der Waals surface area contributed by atoms with Gasteiger partial charge < -0.3 is 10.8 Å². The lowest BCUT2D eigenvalue weighted by molar-refractivity contribution is -0.136. The molecule has 1 atom stereocenters. The molecule has 0 heterocycles. The molecule has 0 radical (unpaired) electrons. The summed E-state index contributed by atoms with van der Waals surface area (Å²) in [6.07, 6.45) is -5.37. The zero-order valence-corrected chi connectivity index (χ0v) is 7.96. The number of rotatable bonds is 3. The van der Waals surface area contributed by atoms with Crippen LogP contribution in [0.5, 0.6) is 5.75 Å². The smallest absolute Gasteiger partial charge is 0.389 e. The van der Waals surface area contributed by atoms with Gasteiger partial charge >= 0.3 is 6.18 Å². The summed E-state index contributed by atoms with van der Waals surface area (Å²) in [5.41, 5.74) is 5.89. The van der Waals surface area contributed by atoms with Gasteiger partial charge in [0.15, 0.2) is 0 Å². The number of phenols is 1. The Balaban J connectivity index is 2.62. The summed E-state index contributed by atoms with van der Waals surface area (Å²) in [6, 6.07) is 5.37. The maximum atomic E-state index is 11.9. The highest BCUT2D eigenvalue weighted by Gasteiger charge is 2.28. The van der Waals surface area contributed by atoms with Crippen molar-refractivity contribution in [2.24, 2.45) is 5.73 Å². The third-order valence-electron chi connectivity index (χ3n) is 2.08. The highest BCUT2D eigenvalue weighted by Crippen LogP contribution is 2.29. The van der Waals surface area contributed by atoms with E-state index in [-0.39, 0.29) is 12.2 Å². The van der Waals surface area contributed by atoms with Crippen LogP contribution < -0.4 is 5.73 Å². The number of nitrogens with two attached hydrogens (primary N) is 1. The Labute approximate surface area is 85.5 Å². The molecule has 0 amide bonds. The number of benzene rings is 1. The van der Waals surface area contributed by atoms with E-state index in [0.29, 0.717) is 5.56 Å². The van der Waals surface area contributed by atoms with Crippen LogP contribution in [-0.2, 0) is 0 Å². The SMILES string of the molecule is N[C@H](CCC(F)(F)F)c1ccccc1O. The van der Waals surface area contributed by atoms with Crippen molar-refractivity contribution in [1.82, 2.24) is 0 Å². The summed E-state index contributed by atoms with van der Waals surface area (Å²) in [5.74, 6) is -0.0628. The Morgan fingerprint density at radius 1 is 1.27 bits per heavy atom. The van der Waals surface area contributed by atoms with Crippen molar-refractivity contribution in [1.29, 1.82) is 0 Å². The minimum absolute atomic E-state index is 0.0628. The lowest BCUT2D eigenvalue weighted by atomic mass is 10.0.